The van der Waals surface area contributed by atoms with Crippen molar-refractivity contribution >= 4 is 33.0 Å². The molecule has 0 aliphatic heterocycles. The molecule has 1 aromatic carbocycles. The van der Waals surface area contributed by atoms with Gasteiger partial charge in [-0.25, -0.2) is 0 Å². The van der Waals surface area contributed by atoms with E-state index in [4.69, 9.17) is 5.26 Å². The number of aryl methyl sites for hydroxylation is 1. The first kappa shape index (κ1) is 13.1. The highest BCUT2D eigenvalue weighted by Gasteiger charge is 2.08. The smallest absolute Gasteiger partial charge is 0.0992 e. The Morgan fingerprint density at radius 3 is 2.72 bits per heavy atom. The zero-order valence-electron chi connectivity index (χ0n) is 10.2. The van der Waals surface area contributed by atoms with Crippen LogP contribution >= 0.6 is 27.3 Å². The van der Waals surface area contributed by atoms with Crippen LogP contribution in [0.15, 0.2) is 34.8 Å². The van der Waals surface area contributed by atoms with E-state index < -0.39 is 0 Å². The Morgan fingerprint density at radius 1 is 1.33 bits per heavy atom. The van der Waals surface area contributed by atoms with Gasteiger partial charge in [0.2, 0.25) is 0 Å². The standard InChI is InChI=1S/C14H13BrN2S/c1-9-3-4-14(18-9)10(2)17-13-6-11(8-16)5-12(15)7-13/h3-7,10,17H,1-2H3. The van der Waals surface area contributed by atoms with Crippen molar-refractivity contribution in [3.63, 3.8) is 0 Å². The molecule has 0 bridgehead atoms. The topological polar surface area (TPSA) is 35.8 Å². The molecule has 2 rings (SSSR count). The molecule has 92 valence electrons. The van der Waals surface area contributed by atoms with Crippen LogP contribution < -0.4 is 5.32 Å². The summed E-state index contributed by atoms with van der Waals surface area (Å²) in [5.41, 5.74) is 1.61. The van der Waals surface area contributed by atoms with Crippen molar-refractivity contribution in [1.82, 2.24) is 0 Å². The van der Waals surface area contributed by atoms with Gasteiger partial charge in [0.15, 0.2) is 0 Å². The summed E-state index contributed by atoms with van der Waals surface area (Å²) in [6.07, 6.45) is 0. The van der Waals surface area contributed by atoms with Crippen molar-refractivity contribution in [2.75, 3.05) is 5.32 Å². The molecule has 2 nitrogen and oxygen atoms in total. The highest BCUT2D eigenvalue weighted by Crippen LogP contribution is 2.27. The Labute approximate surface area is 119 Å². The summed E-state index contributed by atoms with van der Waals surface area (Å²) < 4.78 is 0.915. The van der Waals surface area contributed by atoms with Crippen molar-refractivity contribution < 1.29 is 0 Å². The fraction of sp³-hybridized carbons (Fsp3) is 0.214. The van der Waals surface area contributed by atoms with Crippen LogP contribution in [0.5, 0.6) is 0 Å². The summed E-state index contributed by atoms with van der Waals surface area (Å²) in [5, 5.41) is 12.4. The van der Waals surface area contributed by atoms with Crippen molar-refractivity contribution in [1.29, 1.82) is 5.26 Å². The number of hydrogen-bond donors (Lipinski definition) is 1. The zero-order chi connectivity index (χ0) is 13.1. The molecule has 1 heterocycles. The lowest BCUT2D eigenvalue weighted by atomic mass is 10.2. The van der Waals surface area contributed by atoms with Gasteiger partial charge in [0, 0.05) is 19.9 Å². The van der Waals surface area contributed by atoms with Gasteiger partial charge in [-0.15, -0.1) is 11.3 Å². The van der Waals surface area contributed by atoms with Crippen LogP contribution in [0, 0.1) is 18.3 Å². The van der Waals surface area contributed by atoms with E-state index in [2.05, 4.69) is 53.3 Å². The van der Waals surface area contributed by atoms with Crippen molar-refractivity contribution in [2.45, 2.75) is 19.9 Å². The molecule has 0 fully saturated rings. The average Bonchev–Trinajstić information content (AvgIpc) is 2.75. The van der Waals surface area contributed by atoms with E-state index in [1.165, 1.54) is 9.75 Å². The number of nitriles is 1. The van der Waals surface area contributed by atoms with Crippen molar-refractivity contribution in [2.24, 2.45) is 0 Å². The van der Waals surface area contributed by atoms with Gasteiger partial charge in [0.1, 0.15) is 0 Å². The summed E-state index contributed by atoms with van der Waals surface area (Å²) >= 11 is 5.21. The Hall–Kier alpha value is -1.31. The van der Waals surface area contributed by atoms with Gasteiger partial charge in [-0.1, -0.05) is 15.9 Å². The number of hydrogen-bond acceptors (Lipinski definition) is 3. The molecule has 1 aromatic heterocycles. The molecule has 4 heteroatoms. The number of nitrogens with one attached hydrogen (secondary N) is 1. The Kier molecular flexibility index (Phi) is 4.05. The number of nitrogens with zero attached hydrogens (tertiary/aromatic N) is 1. The van der Waals surface area contributed by atoms with E-state index >= 15 is 0 Å². The van der Waals surface area contributed by atoms with Gasteiger partial charge >= 0.3 is 0 Å². The minimum atomic E-state index is 0.240. The van der Waals surface area contributed by atoms with Crippen LogP contribution in [0.4, 0.5) is 5.69 Å². The number of halogens is 1. The molecule has 2 aromatic rings. The average molecular weight is 321 g/mol. The van der Waals surface area contributed by atoms with E-state index in [0.717, 1.165) is 10.2 Å². The second-order valence-electron chi connectivity index (χ2n) is 4.15. The summed E-state index contributed by atoms with van der Waals surface area (Å²) in [4.78, 5) is 2.61. The molecule has 18 heavy (non-hydrogen) atoms. The predicted molar refractivity (Wildman–Crippen MR) is 80.0 cm³/mol. The van der Waals surface area contributed by atoms with Crippen LogP contribution in [-0.4, -0.2) is 0 Å². The molecular weight excluding hydrogens is 308 g/mol. The van der Waals surface area contributed by atoms with Gasteiger partial charge in [0.25, 0.3) is 0 Å². The van der Waals surface area contributed by atoms with Gasteiger partial charge in [-0.05, 0) is 44.2 Å². The highest BCUT2D eigenvalue weighted by molar-refractivity contribution is 9.10. The van der Waals surface area contributed by atoms with Gasteiger partial charge < -0.3 is 5.32 Å². The fourth-order valence-corrected chi connectivity index (χ4v) is 3.12. The second-order valence-corrected chi connectivity index (χ2v) is 6.39. The van der Waals surface area contributed by atoms with Crippen LogP contribution in [0.2, 0.25) is 0 Å². The highest BCUT2D eigenvalue weighted by atomic mass is 79.9. The van der Waals surface area contributed by atoms with E-state index in [0.29, 0.717) is 5.56 Å². The third-order valence-electron chi connectivity index (χ3n) is 2.60. The molecular formula is C14H13BrN2S. The molecule has 0 saturated heterocycles. The van der Waals surface area contributed by atoms with E-state index in [1.54, 1.807) is 11.3 Å². The largest absolute Gasteiger partial charge is 0.378 e. The maximum Gasteiger partial charge on any atom is 0.0992 e. The SMILES string of the molecule is Cc1ccc(C(C)Nc2cc(Br)cc(C#N)c2)s1. The first-order valence-electron chi connectivity index (χ1n) is 5.62. The monoisotopic (exact) mass is 320 g/mol. The van der Waals surface area contributed by atoms with Gasteiger partial charge in [0.05, 0.1) is 17.7 Å². The second kappa shape index (κ2) is 5.55. The number of benzene rings is 1. The minimum Gasteiger partial charge on any atom is -0.378 e. The lowest BCUT2D eigenvalue weighted by Crippen LogP contribution is -2.04. The first-order chi connectivity index (χ1) is 8.58. The molecule has 1 unspecified atom stereocenters. The molecule has 0 amide bonds. The number of thiophene rings is 1. The molecule has 0 saturated carbocycles. The van der Waals surface area contributed by atoms with Crippen molar-refractivity contribution in [3.05, 3.63) is 50.1 Å². The van der Waals surface area contributed by atoms with E-state index in [1.807, 2.05) is 18.2 Å². The molecule has 0 aliphatic rings. The molecule has 0 spiro atoms. The Bertz CT molecular complexity index is 598. The maximum atomic E-state index is 8.94. The third kappa shape index (κ3) is 3.12. The van der Waals surface area contributed by atoms with Crippen LogP contribution in [0.3, 0.4) is 0 Å². The van der Waals surface area contributed by atoms with Gasteiger partial charge in [-0.2, -0.15) is 5.26 Å². The fourth-order valence-electron chi connectivity index (χ4n) is 1.74. The van der Waals surface area contributed by atoms with E-state index in [9.17, 15) is 0 Å². The maximum absolute atomic E-state index is 8.94. The lowest BCUT2D eigenvalue weighted by molar-refractivity contribution is 0.908. The Morgan fingerprint density at radius 2 is 2.11 bits per heavy atom. The number of rotatable bonds is 3. The van der Waals surface area contributed by atoms with Crippen LogP contribution in [-0.2, 0) is 0 Å². The van der Waals surface area contributed by atoms with Crippen molar-refractivity contribution in [3.8, 4) is 6.07 Å². The molecule has 1 N–H and O–H groups in total. The molecule has 1 atom stereocenters. The quantitative estimate of drug-likeness (QED) is 0.876. The summed E-state index contributed by atoms with van der Waals surface area (Å²) in [7, 11) is 0. The lowest BCUT2D eigenvalue weighted by Gasteiger charge is -2.14. The molecule has 0 radical (unpaired) electrons. The summed E-state index contributed by atoms with van der Waals surface area (Å²) in [6.45, 7) is 4.23. The molecule has 0 aliphatic carbocycles. The Balaban J connectivity index is 2.19. The van der Waals surface area contributed by atoms with E-state index in [-0.39, 0.29) is 6.04 Å². The minimum absolute atomic E-state index is 0.240. The zero-order valence-corrected chi connectivity index (χ0v) is 12.6. The number of anilines is 1. The third-order valence-corrected chi connectivity index (χ3v) is 4.24. The van der Waals surface area contributed by atoms with Gasteiger partial charge in [-0.3, -0.25) is 0 Å². The predicted octanol–water partition coefficient (Wildman–Crippen LogP) is 4.86. The van der Waals surface area contributed by atoms with Crippen LogP contribution in [0.25, 0.3) is 0 Å². The normalized spacial score (nSPS) is 11.9. The van der Waals surface area contributed by atoms with Crippen LogP contribution in [0.1, 0.15) is 28.3 Å². The summed E-state index contributed by atoms with van der Waals surface area (Å²) in [6, 6.07) is 12.3. The first-order valence-corrected chi connectivity index (χ1v) is 7.23. The summed E-state index contributed by atoms with van der Waals surface area (Å²) in [5.74, 6) is 0.